The first kappa shape index (κ1) is 12.8. The third-order valence-corrected chi connectivity index (χ3v) is 3.26. The van der Waals surface area contributed by atoms with Crippen LogP contribution in [-0.4, -0.2) is 34.6 Å². The van der Waals surface area contributed by atoms with Crippen molar-refractivity contribution in [1.29, 1.82) is 0 Å². The van der Waals surface area contributed by atoms with Crippen molar-refractivity contribution in [3.8, 4) is 5.75 Å². The summed E-state index contributed by atoms with van der Waals surface area (Å²) in [5.41, 5.74) is 0.272. The van der Waals surface area contributed by atoms with Gasteiger partial charge in [0.25, 0.3) is 5.91 Å². The first-order valence-corrected chi connectivity index (χ1v) is 6.34. The largest absolute Gasteiger partial charge is 0.505 e. The zero-order valence-corrected chi connectivity index (χ0v) is 10.5. The van der Waals surface area contributed by atoms with Gasteiger partial charge >= 0.3 is 0 Å². The average molecular weight is 249 g/mol. The highest BCUT2D eigenvalue weighted by atomic mass is 16.3. The van der Waals surface area contributed by atoms with Crippen LogP contribution in [0, 0.1) is 0 Å². The molecular formula is C13H19N3O2. The number of nitrogens with zero attached hydrogens (tertiary/aromatic N) is 1. The van der Waals surface area contributed by atoms with Crippen molar-refractivity contribution in [3.05, 3.63) is 24.0 Å². The van der Waals surface area contributed by atoms with Crippen molar-refractivity contribution in [2.45, 2.75) is 38.3 Å². The number of carbonyl (C=O) groups excluding carboxylic acids is 1. The fraction of sp³-hybridized carbons (Fsp3) is 0.538. The van der Waals surface area contributed by atoms with Gasteiger partial charge in [0, 0.05) is 24.8 Å². The smallest absolute Gasteiger partial charge is 0.255 e. The van der Waals surface area contributed by atoms with Gasteiger partial charge in [-0.05, 0) is 25.8 Å². The van der Waals surface area contributed by atoms with E-state index in [1.807, 2.05) is 0 Å². The molecule has 0 aromatic carbocycles. The summed E-state index contributed by atoms with van der Waals surface area (Å²) in [5, 5.41) is 15.8. The van der Waals surface area contributed by atoms with Gasteiger partial charge in [-0.1, -0.05) is 6.42 Å². The van der Waals surface area contributed by atoms with E-state index < -0.39 is 0 Å². The van der Waals surface area contributed by atoms with E-state index in [-0.39, 0.29) is 17.2 Å². The Morgan fingerprint density at radius 3 is 3.17 bits per heavy atom. The van der Waals surface area contributed by atoms with E-state index in [2.05, 4.69) is 22.5 Å². The number of aromatic nitrogens is 1. The second-order valence-corrected chi connectivity index (χ2v) is 4.80. The first-order valence-electron chi connectivity index (χ1n) is 6.34. The minimum atomic E-state index is -0.255. The molecule has 5 heteroatoms. The molecule has 1 aromatic heterocycles. The maximum Gasteiger partial charge on any atom is 0.255 e. The number of pyridine rings is 1. The highest BCUT2D eigenvalue weighted by molar-refractivity contribution is 5.96. The topological polar surface area (TPSA) is 74.2 Å². The van der Waals surface area contributed by atoms with E-state index in [4.69, 9.17) is 0 Å². The molecule has 1 aliphatic rings. The van der Waals surface area contributed by atoms with Crippen molar-refractivity contribution in [3.63, 3.8) is 0 Å². The number of nitrogens with one attached hydrogen (secondary N) is 2. The van der Waals surface area contributed by atoms with Gasteiger partial charge in [-0.15, -0.1) is 0 Å². The summed E-state index contributed by atoms with van der Waals surface area (Å²) >= 11 is 0. The molecule has 2 heterocycles. The van der Waals surface area contributed by atoms with Crippen LogP contribution in [0.2, 0.25) is 0 Å². The lowest BCUT2D eigenvalue weighted by Gasteiger charge is -2.28. The second kappa shape index (κ2) is 5.82. The summed E-state index contributed by atoms with van der Waals surface area (Å²) in [6, 6.07) is 2.35. The van der Waals surface area contributed by atoms with Crippen LogP contribution in [-0.2, 0) is 0 Å². The van der Waals surface area contributed by atoms with Gasteiger partial charge in [0.15, 0.2) is 0 Å². The highest BCUT2D eigenvalue weighted by Crippen LogP contribution is 2.14. The molecule has 0 radical (unpaired) electrons. The van der Waals surface area contributed by atoms with Gasteiger partial charge in [0.05, 0.1) is 11.8 Å². The minimum absolute atomic E-state index is 0.0834. The second-order valence-electron chi connectivity index (χ2n) is 4.80. The van der Waals surface area contributed by atoms with Crippen LogP contribution in [0.5, 0.6) is 5.75 Å². The predicted octanol–water partition coefficient (Wildman–Crippen LogP) is 1.05. The summed E-state index contributed by atoms with van der Waals surface area (Å²) in [7, 11) is 0. The Labute approximate surface area is 107 Å². The van der Waals surface area contributed by atoms with Gasteiger partial charge in [-0.25, -0.2) is 0 Å². The van der Waals surface area contributed by atoms with Crippen LogP contribution < -0.4 is 10.6 Å². The molecule has 5 nitrogen and oxygen atoms in total. The van der Waals surface area contributed by atoms with Crippen LogP contribution in [0.1, 0.15) is 36.5 Å². The van der Waals surface area contributed by atoms with Gasteiger partial charge in [0.2, 0.25) is 0 Å². The van der Waals surface area contributed by atoms with E-state index in [0.717, 1.165) is 6.42 Å². The molecule has 1 amide bonds. The molecule has 1 aliphatic heterocycles. The van der Waals surface area contributed by atoms with Crippen LogP contribution >= 0.6 is 0 Å². The average Bonchev–Trinajstić information content (AvgIpc) is 2.37. The lowest BCUT2D eigenvalue weighted by Crippen LogP contribution is -2.47. The molecule has 0 saturated carbocycles. The van der Waals surface area contributed by atoms with E-state index in [9.17, 15) is 9.90 Å². The number of hydrogen-bond donors (Lipinski definition) is 3. The molecular weight excluding hydrogens is 230 g/mol. The molecule has 2 rings (SSSR count). The van der Waals surface area contributed by atoms with Gasteiger partial charge in [-0.2, -0.15) is 0 Å². The van der Waals surface area contributed by atoms with Crippen molar-refractivity contribution >= 4 is 5.91 Å². The Hall–Kier alpha value is -1.62. The fourth-order valence-electron chi connectivity index (χ4n) is 2.29. The van der Waals surface area contributed by atoms with Gasteiger partial charge < -0.3 is 15.7 Å². The predicted molar refractivity (Wildman–Crippen MR) is 68.5 cm³/mol. The molecule has 2 atom stereocenters. The normalized spacial score (nSPS) is 23.6. The van der Waals surface area contributed by atoms with Crippen LogP contribution in [0.3, 0.4) is 0 Å². The van der Waals surface area contributed by atoms with Crippen molar-refractivity contribution in [2.75, 3.05) is 6.54 Å². The first-order chi connectivity index (χ1) is 8.66. The standard InChI is InChI=1S/C13H19N3O2/c1-9-3-2-4-10(16-9)7-15-13(18)11-5-6-14-8-12(11)17/h5-6,8-10,16-17H,2-4,7H2,1H3,(H,15,18). The molecule has 0 bridgehead atoms. The molecule has 3 N–H and O–H groups in total. The maximum atomic E-state index is 11.9. The highest BCUT2D eigenvalue weighted by Gasteiger charge is 2.19. The SMILES string of the molecule is CC1CCCC(CNC(=O)c2ccncc2O)N1. The Kier molecular flexibility index (Phi) is 4.15. The van der Waals surface area contributed by atoms with Crippen LogP contribution in [0.4, 0.5) is 0 Å². The molecule has 1 aromatic rings. The lowest BCUT2D eigenvalue weighted by atomic mass is 9.99. The zero-order chi connectivity index (χ0) is 13.0. The minimum Gasteiger partial charge on any atom is -0.505 e. The number of hydrogen-bond acceptors (Lipinski definition) is 4. The molecule has 98 valence electrons. The number of aromatic hydroxyl groups is 1. The van der Waals surface area contributed by atoms with E-state index in [1.54, 1.807) is 0 Å². The Balaban J connectivity index is 1.87. The maximum absolute atomic E-state index is 11.9. The number of piperidine rings is 1. The molecule has 1 saturated heterocycles. The summed E-state index contributed by atoms with van der Waals surface area (Å²) in [6.45, 7) is 2.74. The molecule has 0 aliphatic carbocycles. The lowest BCUT2D eigenvalue weighted by molar-refractivity contribution is 0.0943. The monoisotopic (exact) mass is 249 g/mol. The van der Waals surface area contributed by atoms with Crippen LogP contribution in [0.15, 0.2) is 18.5 Å². The van der Waals surface area contributed by atoms with E-state index >= 15 is 0 Å². The summed E-state index contributed by atoms with van der Waals surface area (Å²) < 4.78 is 0. The van der Waals surface area contributed by atoms with E-state index in [1.165, 1.54) is 31.3 Å². The third-order valence-electron chi connectivity index (χ3n) is 3.26. The third kappa shape index (κ3) is 3.20. The zero-order valence-electron chi connectivity index (χ0n) is 10.5. The Bertz CT molecular complexity index is 422. The van der Waals surface area contributed by atoms with Crippen molar-refractivity contribution in [1.82, 2.24) is 15.6 Å². The Morgan fingerprint density at radius 2 is 2.44 bits per heavy atom. The van der Waals surface area contributed by atoms with Gasteiger partial charge in [-0.3, -0.25) is 9.78 Å². The summed E-state index contributed by atoms with van der Waals surface area (Å²) in [6.07, 6.45) is 6.23. The fourth-order valence-corrected chi connectivity index (χ4v) is 2.29. The number of rotatable bonds is 3. The Morgan fingerprint density at radius 1 is 1.61 bits per heavy atom. The quantitative estimate of drug-likeness (QED) is 0.748. The molecule has 18 heavy (non-hydrogen) atoms. The number of amides is 1. The van der Waals surface area contributed by atoms with Gasteiger partial charge in [0.1, 0.15) is 5.75 Å². The molecule has 0 spiro atoms. The summed E-state index contributed by atoms with van der Waals surface area (Å²) in [4.78, 5) is 15.6. The van der Waals surface area contributed by atoms with E-state index in [0.29, 0.717) is 18.6 Å². The number of carbonyl (C=O) groups is 1. The van der Waals surface area contributed by atoms with Crippen molar-refractivity contribution < 1.29 is 9.90 Å². The molecule has 2 unspecified atom stereocenters. The molecule has 1 fully saturated rings. The summed E-state index contributed by atoms with van der Waals surface area (Å²) in [5.74, 6) is -0.338. The van der Waals surface area contributed by atoms with Crippen molar-refractivity contribution in [2.24, 2.45) is 0 Å². The van der Waals surface area contributed by atoms with Crippen LogP contribution in [0.25, 0.3) is 0 Å².